The number of nitrogens with two attached hydrogens (primary N) is 1. The smallest absolute Gasteiger partial charge is 0.266 e. The van der Waals surface area contributed by atoms with Crippen LogP contribution in [-0.2, 0) is 10.0 Å². The van der Waals surface area contributed by atoms with Crippen molar-refractivity contribution >= 4 is 21.4 Å². The molecule has 0 saturated heterocycles. The van der Waals surface area contributed by atoms with E-state index in [1.807, 2.05) is 19.1 Å². The molecule has 0 bridgehead atoms. The number of hydrogen-bond acceptors (Lipinski definition) is 4. The van der Waals surface area contributed by atoms with Gasteiger partial charge >= 0.3 is 0 Å². The zero-order valence-electron chi connectivity index (χ0n) is 12.2. The Bertz CT molecular complexity index is 757. The Balaban J connectivity index is 2.50. The van der Waals surface area contributed by atoms with Crippen LogP contribution in [0, 0.1) is 6.92 Å². The quantitative estimate of drug-likeness (QED) is 0.880. The lowest BCUT2D eigenvalue weighted by Crippen LogP contribution is -2.27. The number of nitrogen functional groups attached to an aromatic ring is 1. The van der Waals surface area contributed by atoms with Gasteiger partial charge in [-0.15, -0.1) is 0 Å². The Kier molecular flexibility index (Phi) is 4.09. The van der Waals surface area contributed by atoms with E-state index in [0.717, 1.165) is 5.56 Å². The standard InChI is InChI=1S/C15H18N2O3S/c1-11-6-4-5-7-14(11)17(2)21(18,19)15-9-8-12(20-3)10-13(15)16/h4-10H,16H2,1-3H3. The second-order valence-corrected chi connectivity index (χ2v) is 6.60. The van der Waals surface area contributed by atoms with E-state index in [1.165, 1.54) is 30.6 Å². The molecule has 0 atom stereocenters. The molecule has 0 amide bonds. The van der Waals surface area contributed by atoms with Crippen molar-refractivity contribution in [2.24, 2.45) is 0 Å². The van der Waals surface area contributed by atoms with Crippen LogP contribution in [-0.4, -0.2) is 22.6 Å². The van der Waals surface area contributed by atoms with Crippen LogP contribution >= 0.6 is 0 Å². The number of sulfonamides is 1. The molecule has 5 nitrogen and oxygen atoms in total. The topological polar surface area (TPSA) is 72.6 Å². The number of ether oxygens (including phenoxy) is 1. The van der Waals surface area contributed by atoms with Gasteiger partial charge in [-0.2, -0.15) is 0 Å². The maximum absolute atomic E-state index is 12.7. The molecule has 2 rings (SSSR count). The van der Waals surface area contributed by atoms with Crippen molar-refractivity contribution in [3.63, 3.8) is 0 Å². The molecule has 0 aliphatic carbocycles. The van der Waals surface area contributed by atoms with Crippen molar-refractivity contribution in [1.29, 1.82) is 0 Å². The highest BCUT2D eigenvalue weighted by Gasteiger charge is 2.24. The molecule has 0 heterocycles. The molecule has 2 aromatic carbocycles. The minimum absolute atomic E-state index is 0.0639. The first-order valence-corrected chi connectivity index (χ1v) is 7.80. The molecule has 0 unspecified atom stereocenters. The van der Waals surface area contributed by atoms with E-state index in [1.54, 1.807) is 18.2 Å². The van der Waals surface area contributed by atoms with Gasteiger partial charge in [0.05, 0.1) is 18.5 Å². The molecule has 0 radical (unpaired) electrons. The number of benzene rings is 2. The van der Waals surface area contributed by atoms with Crippen molar-refractivity contribution in [3.05, 3.63) is 48.0 Å². The van der Waals surface area contributed by atoms with Crippen LogP contribution in [0.25, 0.3) is 0 Å². The second kappa shape index (κ2) is 5.65. The average Bonchev–Trinajstić information content (AvgIpc) is 2.46. The molecule has 6 heteroatoms. The van der Waals surface area contributed by atoms with Gasteiger partial charge in [0, 0.05) is 13.1 Å². The number of nitrogens with zero attached hydrogens (tertiary/aromatic N) is 1. The van der Waals surface area contributed by atoms with E-state index in [-0.39, 0.29) is 10.6 Å². The average molecular weight is 306 g/mol. The predicted molar refractivity (Wildman–Crippen MR) is 84.2 cm³/mol. The number of anilines is 2. The highest BCUT2D eigenvalue weighted by molar-refractivity contribution is 7.93. The first-order valence-electron chi connectivity index (χ1n) is 6.36. The van der Waals surface area contributed by atoms with Gasteiger partial charge in [-0.1, -0.05) is 18.2 Å². The van der Waals surface area contributed by atoms with E-state index < -0.39 is 10.0 Å². The summed E-state index contributed by atoms with van der Waals surface area (Å²) >= 11 is 0. The van der Waals surface area contributed by atoms with E-state index >= 15 is 0 Å². The van der Waals surface area contributed by atoms with Gasteiger partial charge < -0.3 is 10.5 Å². The number of hydrogen-bond donors (Lipinski definition) is 1. The normalized spacial score (nSPS) is 11.2. The lowest BCUT2D eigenvalue weighted by Gasteiger charge is -2.22. The molecule has 2 aromatic rings. The fraction of sp³-hybridized carbons (Fsp3) is 0.200. The molecule has 0 aliphatic rings. The van der Waals surface area contributed by atoms with Crippen LogP contribution in [0.15, 0.2) is 47.4 Å². The van der Waals surface area contributed by atoms with E-state index in [4.69, 9.17) is 10.5 Å². The molecule has 0 fully saturated rings. The number of aryl methyl sites for hydroxylation is 1. The molecule has 21 heavy (non-hydrogen) atoms. The fourth-order valence-electron chi connectivity index (χ4n) is 2.08. The summed E-state index contributed by atoms with van der Waals surface area (Å²) in [5.41, 5.74) is 7.50. The van der Waals surface area contributed by atoms with Crippen LogP contribution in [0.2, 0.25) is 0 Å². The number of rotatable bonds is 4. The van der Waals surface area contributed by atoms with Crippen LogP contribution in [0.5, 0.6) is 5.75 Å². The van der Waals surface area contributed by atoms with E-state index in [0.29, 0.717) is 11.4 Å². The Labute approximate surface area is 125 Å². The van der Waals surface area contributed by atoms with Gasteiger partial charge in [-0.05, 0) is 30.7 Å². The van der Waals surface area contributed by atoms with Gasteiger partial charge in [0.1, 0.15) is 10.6 Å². The predicted octanol–water partition coefficient (Wildman–Crippen LogP) is 2.41. The molecule has 112 valence electrons. The maximum Gasteiger partial charge on any atom is 0.266 e. The van der Waals surface area contributed by atoms with Crippen LogP contribution < -0.4 is 14.8 Å². The van der Waals surface area contributed by atoms with Crippen LogP contribution in [0.4, 0.5) is 11.4 Å². The molecule has 0 aliphatic heterocycles. The summed E-state index contributed by atoms with van der Waals surface area (Å²) < 4.78 is 31.7. The maximum atomic E-state index is 12.7. The molecular formula is C15H18N2O3S. The molecule has 0 spiro atoms. The Morgan fingerprint density at radius 3 is 2.38 bits per heavy atom. The minimum atomic E-state index is -3.72. The van der Waals surface area contributed by atoms with Crippen molar-refractivity contribution in [1.82, 2.24) is 0 Å². The van der Waals surface area contributed by atoms with Crippen molar-refractivity contribution in [2.45, 2.75) is 11.8 Å². The van der Waals surface area contributed by atoms with Crippen LogP contribution in [0.3, 0.4) is 0 Å². The van der Waals surface area contributed by atoms with Gasteiger partial charge in [0.25, 0.3) is 10.0 Å². The van der Waals surface area contributed by atoms with Crippen molar-refractivity contribution in [2.75, 3.05) is 24.2 Å². The lowest BCUT2D eigenvalue weighted by molar-refractivity contribution is 0.414. The molecule has 2 N–H and O–H groups in total. The first-order chi connectivity index (χ1) is 9.87. The summed E-state index contributed by atoms with van der Waals surface area (Å²) in [5.74, 6) is 0.519. The Hall–Kier alpha value is -2.21. The highest BCUT2D eigenvalue weighted by atomic mass is 32.2. The Morgan fingerprint density at radius 1 is 1.14 bits per heavy atom. The summed E-state index contributed by atoms with van der Waals surface area (Å²) in [4.78, 5) is 0.0639. The van der Waals surface area contributed by atoms with Gasteiger partial charge in [-0.3, -0.25) is 4.31 Å². The third kappa shape index (κ3) is 2.80. The summed E-state index contributed by atoms with van der Waals surface area (Å²) in [6.45, 7) is 1.86. The van der Waals surface area contributed by atoms with Gasteiger partial charge in [0.15, 0.2) is 0 Å². The molecule has 0 saturated carbocycles. The van der Waals surface area contributed by atoms with E-state index in [2.05, 4.69) is 0 Å². The summed E-state index contributed by atoms with van der Waals surface area (Å²) in [6, 6.07) is 11.8. The molecule has 0 aromatic heterocycles. The summed E-state index contributed by atoms with van der Waals surface area (Å²) in [5, 5.41) is 0. The summed E-state index contributed by atoms with van der Waals surface area (Å²) in [6.07, 6.45) is 0. The highest BCUT2D eigenvalue weighted by Crippen LogP contribution is 2.29. The fourth-order valence-corrected chi connectivity index (χ4v) is 3.44. The monoisotopic (exact) mass is 306 g/mol. The first kappa shape index (κ1) is 15.2. The minimum Gasteiger partial charge on any atom is -0.497 e. The third-order valence-electron chi connectivity index (χ3n) is 3.31. The number of para-hydroxylation sites is 1. The number of methoxy groups -OCH3 is 1. The van der Waals surface area contributed by atoms with Crippen LogP contribution in [0.1, 0.15) is 5.56 Å². The third-order valence-corrected chi connectivity index (χ3v) is 5.16. The summed E-state index contributed by atoms with van der Waals surface area (Å²) in [7, 11) is -0.700. The largest absolute Gasteiger partial charge is 0.497 e. The lowest BCUT2D eigenvalue weighted by atomic mass is 10.2. The zero-order valence-corrected chi connectivity index (χ0v) is 13.0. The van der Waals surface area contributed by atoms with Gasteiger partial charge in [0.2, 0.25) is 0 Å². The Morgan fingerprint density at radius 2 is 1.81 bits per heavy atom. The molecular weight excluding hydrogens is 288 g/mol. The van der Waals surface area contributed by atoms with Gasteiger partial charge in [-0.25, -0.2) is 8.42 Å². The second-order valence-electron chi connectivity index (χ2n) is 4.66. The van der Waals surface area contributed by atoms with Crippen molar-refractivity contribution in [3.8, 4) is 5.75 Å². The zero-order chi connectivity index (χ0) is 15.6. The SMILES string of the molecule is COc1ccc(S(=O)(=O)N(C)c2ccccc2C)c(N)c1. The van der Waals surface area contributed by atoms with E-state index in [9.17, 15) is 8.42 Å². The van der Waals surface area contributed by atoms with Crippen molar-refractivity contribution < 1.29 is 13.2 Å².